The van der Waals surface area contributed by atoms with E-state index in [4.69, 9.17) is 13.9 Å². The van der Waals surface area contributed by atoms with E-state index in [9.17, 15) is 4.79 Å². The van der Waals surface area contributed by atoms with E-state index in [1.54, 1.807) is 7.11 Å². The Balaban J connectivity index is 1.15. The van der Waals surface area contributed by atoms with Crippen LogP contribution in [0.4, 0.5) is 0 Å². The van der Waals surface area contributed by atoms with Crippen LogP contribution in [0.1, 0.15) is 23.6 Å². The average Bonchev–Trinajstić information content (AvgIpc) is 3.54. The highest BCUT2D eigenvalue weighted by Gasteiger charge is 2.21. The fourth-order valence-electron chi connectivity index (χ4n) is 4.55. The molecule has 9 heteroatoms. The molecule has 2 aromatic heterocycles. The van der Waals surface area contributed by atoms with Gasteiger partial charge in [-0.2, -0.15) is 0 Å². The van der Waals surface area contributed by atoms with Crippen LogP contribution >= 0.6 is 0 Å². The molecule has 0 radical (unpaired) electrons. The Bertz CT molecular complexity index is 1100. The predicted molar refractivity (Wildman–Crippen MR) is 128 cm³/mol. The maximum atomic E-state index is 12.0. The summed E-state index contributed by atoms with van der Waals surface area (Å²) in [6.07, 6.45) is 5.63. The zero-order valence-corrected chi connectivity index (χ0v) is 19.5. The van der Waals surface area contributed by atoms with Crippen molar-refractivity contribution in [2.75, 3.05) is 53.0 Å². The molecule has 1 aromatic carbocycles. The number of ether oxygens (including phenoxy) is 2. The highest BCUT2D eigenvalue weighted by molar-refractivity contribution is 5.82. The Hall–Kier alpha value is -2.98. The zero-order valence-electron chi connectivity index (χ0n) is 19.5. The number of piperazine rings is 1. The lowest BCUT2D eigenvalue weighted by Gasteiger charge is -2.34. The first-order valence-corrected chi connectivity index (χ1v) is 11.8. The van der Waals surface area contributed by atoms with E-state index in [0.717, 1.165) is 68.6 Å². The first-order valence-electron chi connectivity index (χ1n) is 11.8. The van der Waals surface area contributed by atoms with Crippen LogP contribution in [0.5, 0.6) is 11.6 Å². The summed E-state index contributed by atoms with van der Waals surface area (Å²) in [6.45, 7) is 5.30. The molecule has 1 atom stereocenters. The molecule has 5 rings (SSSR count). The van der Waals surface area contributed by atoms with E-state index >= 15 is 0 Å². The number of amides is 1. The summed E-state index contributed by atoms with van der Waals surface area (Å²) in [7, 11) is 1.55. The molecule has 2 saturated heterocycles. The number of hydrogen-bond acceptors (Lipinski definition) is 8. The average molecular weight is 466 g/mol. The van der Waals surface area contributed by atoms with Crippen molar-refractivity contribution in [1.29, 1.82) is 0 Å². The van der Waals surface area contributed by atoms with Crippen LogP contribution in [-0.4, -0.2) is 73.7 Å². The van der Waals surface area contributed by atoms with Crippen molar-refractivity contribution in [2.24, 2.45) is 0 Å². The van der Waals surface area contributed by atoms with Gasteiger partial charge in [0.25, 0.3) is 0 Å². The molecule has 2 aliphatic heterocycles. The van der Waals surface area contributed by atoms with Gasteiger partial charge in [0, 0.05) is 76.1 Å². The van der Waals surface area contributed by atoms with Crippen molar-refractivity contribution in [3.63, 3.8) is 0 Å². The third kappa shape index (κ3) is 5.23. The van der Waals surface area contributed by atoms with Crippen LogP contribution in [0.3, 0.4) is 0 Å². The first-order chi connectivity index (χ1) is 16.7. The maximum Gasteiger partial charge on any atom is 0.248 e. The number of methoxy groups -OCH3 is 1. The van der Waals surface area contributed by atoms with E-state index in [1.807, 2.05) is 47.7 Å². The topological polar surface area (TPSA) is 92.1 Å². The Morgan fingerprint density at radius 1 is 1.21 bits per heavy atom. The standard InChI is InChI=1S/C25H31N5O4/c1-32-17-25(31)30-12-10-29(11-13-30)9-7-19-16-33-23-14-20(3-4-21(19)23)34-24-5-2-18(15-26-24)22-6-8-27-28-22/h2-5,14-16,22,27-28H,6-13,17H2,1H3. The minimum atomic E-state index is 0.0651. The van der Waals surface area contributed by atoms with E-state index in [1.165, 1.54) is 5.56 Å². The molecule has 2 N–H and O–H groups in total. The third-order valence-corrected chi connectivity index (χ3v) is 6.54. The Morgan fingerprint density at radius 3 is 2.82 bits per heavy atom. The Labute approximate surface area is 199 Å². The monoisotopic (exact) mass is 465 g/mol. The van der Waals surface area contributed by atoms with Gasteiger partial charge in [0.15, 0.2) is 0 Å². The summed E-state index contributed by atoms with van der Waals surface area (Å²) in [5.41, 5.74) is 9.51. The van der Waals surface area contributed by atoms with Crippen LogP contribution in [0.15, 0.2) is 47.2 Å². The van der Waals surface area contributed by atoms with Crippen LogP contribution in [0.25, 0.3) is 11.0 Å². The lowest BCUT2D eigenvalue weighted by molar-refractivity contribution is -0.136. The summed E-state index contributed by atoms with van der Waals surface area (Å²) < 4.78 is 16.7. The number of rotatable bonds is 8. The van der Waals surface area contributed by atoms with Gasteiger partial charge in [-0.05, 0) is 36.1 Å². The Kier molecular flexibility index (Phi) is 7.05. The van der Waals surface area contributed by atoms with Crippen molar-refractivity contribution in [1.82, 2.24) is 25.6 Å². The van der Waals surface area contributed by atoms with Crippen molar-refractivity contribution in [2.45, 2.75) is 18.9 Å². The summed E-state index contributed by atoms with van der Waals surface area (Å²) in [5, 5.41) is 1.10. The number of hydrogen-bond donors (Lipinski definition) is 2. The molecule has 0 saturated carbocycles. The molecule has 180 valence electrons. The molecule has 4 heterocycles. The van der Waals surface area contributed by atoms with Gasteiger partial charge >= 0.3 is 0 Å². The lowest BCUT2D eigenvalue weighted by atomic mass is 10.1. The van der Waals surface area contributed by atoms with Crippen molar-refractivity contribution in [3.05, 3.63) is 53.9 Å². The third-order valence-electron chi connectivity index (χ3n) is 6.54. The summed E-state index contributed by atoms with van der Waals surface area (Å²) in [6, 6.07) is 10.2. The van der Waals surface area contributed by atoms with Gasteiger partial charge in [-0.3, -0.25) is 20.5 Å². The van der Waals surface area contributed by atoms with Gasteiger partial charge in [-0.1, -0.05) is 6.07 Å². The predicted octanol–water partition coefficient (Wildman–Crippen LogP) is 2.49. The van der Waals surface area contributed by atoms with Crippen molar-refractivity contribution < 1.29 is 18.7 Å². The van der Waals surface area contributed by atoms with Gasteiger partial charge in [0.1, 0.15) is 17.9 Å². The minimum absolute atomic E-state index is 0.0651. The highest BCUT2D eigenvalue weighted by atomic mass is 16.5. The molecule has 0 aliphatic carbocycles. The number of pyridine rings is 1. The number of hydrazine groups is 1. The number of aromatic nitrogens is 1. The molecule has 1 amide bonds. The fourth-order valence-corrected chi connectivity index (χ4v) is 4.55. The molecule has 0 bridgehead atoms. The summed E-state index contributed by atoms with van der Waals surface area (Å²) >= 11 is 0. The number of nitrogens with one attached hydrogen (secondary N) is 2. The van der Waals surface area contributed by atoms with Crippen LogP contribution in [0.2, 0.25) is 0 Å². The van der Waals surface area contributed by atoms with Gasteiger partial charge < -0.3 is 18.8 Å². The number of carbonyl (C=O) groups is 1. The van der Waals surface area contributed by atoms with Gasteiger partial charge in [0.2, 0.25) is 11.8 Å². The van der Waals surface area contributed by atoms with E-state index < -0.39 is 0 Å². The number of fused-ring (bicyclic) bond motifs is 1. The SMILES string of the molecule is COCC(=O)N1CCN(CCc2coc3cc(Oc4ccc(C5CCNN5)cn4)ccc23)CC1. The Morgan fingerprint density at radius 2 is 2.09 bits per heavy atom. The molecular weight excluding hydrogens is 434 g/mol. The molecule has 0 spiro atoms. The molecular formula is C25H31N5O4. The normalized spacial score (nSPS) is 19.1. The molecule has 2 aliphatic rings. The highest BCUT2D eigenvalue weighted by Crippen LogP contribution is 2.29. The van der Waals surface area contributed by atoms with Gasteiger partial charge in [-0.25, -0.2) is 4.98 Å². The van der Waals surface area contributed by atoms with Gasteiger partial charge in [0.05, 0.1) is 6.26 Å². The summed E-state index contributed by atoms with van der Waals surface area (Å²) in [4.78, 5) is 20.7. The molecule has 9 nitrogen and oxygen atoms in total. The van der Waals surface area contributed by atoms with Crippen molar-refractivity contribution >= 4 is 16.9 Å². The quantitative estimate of drug-likeness (QED) is 0.524. The number of nitrogens with zero attached hydrogens (tertiary/aromatic N) is 3. The van der Waals surface area contributed by atoms with Gasteiger partial charge in [-0.15, -0.1) is 0 Å². The number of carbonyl (C=O) groups excluding carboxylic acids is 1. The van der Waals surface area contributed by atoms with E-state index in [2.05, 4.69) is 20.7 Å². The van der Waals surface area contributed by atoms with Crippen LogP contribution < -0.4 is 15.6 Å². The minimum Gasteiger partial charge on any atom is -0.464 e. The van der Waals surface area contributed by atoms with E-state index in [0.29, 0.717) is 17.7 Å². The lowest BCUT2D eigenvalue weighted by Crippen LogP contribution is -2.50. The van der Waals surface area contributed by atoms with E-state index in [-0.39, 0.29) is 12.5 Å². The molecule has 1 unspecified atom stereocenters. The number of furan rings is 1. The fraction of sp³-hybridized carbons (Fsp3) is 0.440. The molecule has 3 aromatic rings. The molecule has 34 heavy (non-hydrogen) atoms. The largest absolute Gasteiger partial charge is 0.464 e. The molecule has 2 fully saturated rings. The second-order valence-electron chi connectivity index (χ2n) is 8.77. The smallest absolute Gasteiger partial charge is 0.248 e. The zero-order chi connectivity index (χ0) is 23.3. The number of benzene rings is 1. The first kappa shape index (κ1) is 22.8. The second-order valence-corrected chi connectivity index (χ2v) is 8.77. The summed E-state index contributed by atoms with van der Waals surface area (Å²) in [5.74, 6) is 1.32. The van der Waals surface area contributed by atoms with Crippen LogP contribution in [-0.2, 0) is 16.0 Å². The van der Waals surface area contributed by atoms with Crippen LogP contribution in [0, 0.1) is 0 Å². The second kappa shape index (κ2) is 10.5. The maximum absolute atomic E-state index is 12.0. The van der Waals surface area contributed by atoms with Crippen molar-refractivity contribution in [3.8, 4) is 11.6 Å².